The fourth-order valence-corrected chi connectivity index (χ4v) is 2.81. The quantitative estimate of drug-likeness (QED) is 0.827. The number of rotatable bonds is 2. The number of carbonyl (C=O) groups is 1. The first-order valence-electron chi connectivity index (χ1n) is 7.31. The smallest absolute Gasteiger partial charge is 0.224 e. The maximum absolute atomic E-state index is 12.1. The lowest BCUT2D eigenvalue weighted by Crippen LogP contribution is -2.50. The lowest BCUT2D eigenvalue weighted by Gasteiger charge is -2.41. The van der Waals surface area contributed by atoms with Crippen LogP contribution in [0.2, 0.25) is 0 Å². The Balaban J connectivity index is 2.29. The standard InChI is InChI=1S/C17H25NO2/c1-12-10-14-8-6-7-9-15(14)18(13(2)19)16(12)11-20-17(3,4)5/h6-9,12,16H,10-11H2,1-5H3/t12-,16+/m1/s1. The van der Waals surface area contributed by atoms with Crippen LogP contribution in [0.4, 0.5) is 5.69 Å². The summed E-state index contributed by atoms with van der Waals surface area (Å²) in [4.78, 5) is 14.0. The molecule has 0 aromatic heterocycles. The van der Waals surface area contributed by atoms with Crippen molar-refractivity contribution in [2.75, 3.05) is 11.5 Å². The number of para-hydroxylation sites is 1. The number of hydrogen-bond acceptors (Lipinski definition) is 2. The fraction of sp³-hybridized carbons (Fsp3) is 0.588. The topological polar surface area (TPSA) is 29.5 Å². The molecule has 0 bridgehead atoms. The van der Waals surface area contributed by atoms with E-state index in [1.165, 1.54) is 5.56 Å². The van der Waals surface area contributed by atoms with Crippen molar-refractivity contribution < 1.29 is 9.53 Å². The molecular formula is C17H25NO2. The second-order valence-corrected chi connectivity index (χ2v) is 6.69. The molecule has 2 atom stereocenters. The lowest BCUT2D eigenvalue weighted by molar-refractivity contribution is -0.118. The van der Waals surface area contributed by atoms with Gasteiger partial charge in [-0.1, -0.05) is 25.1 Å². The Morgan fingerprint density at radius 3 is 2.60 bits per heavy atom. The second kappa shape index (κ2) is 5.57. The van der Waals surface area contributed by atoms with E-state index in [-0.39, 0.29) is 17.6 Å². The third-order valence-corrected chi connectivity index (χ3v) is 3.81. The van der Waals surface area contributed by atoms with E-state index >= 15 is 0 Å². The molecule has 3 nitrogen and oxygen atoms in total. The average Bonchev–Trinajstić information content (AvgIpc) is 2.34. The number of carbonyl (C=O) groups excluding carboxylic acids is 1. The predicted molar refractivity (Wildman–Crippen MR) is 82.0 cm³/mol. The largest absolute Gasteiger partial charge is 0.374 e. The van der Waals surface area contributed by atoms with Gasteiger partial charge < -0.3 is 9.64 Å². The van der Waals surface area contributed by atoms with Crippen LogP contribution in [0, 0.1) is 5.92 Å². The van der Waals surface area contributed by atoms with Gasteiger partial charge in [0, 0.05) is 12.6 Å². The summed E-state index contributed by atoms with van der Waals surface area (Å²) < 4.78 is 5.94. The van der Waals surface area contributed by atoms with Gasteiger partial charge in [-0.2, -0.15) is 0 Å². The van der Waals surface area contributed by atoms with Crippen LogP contribution in [0.3, 0.4) is 0 Å². The lowest BCUT2D eigenvalue weighted by atomic mass is 9.87. The molecule has 0 saturated heterocycles. The first-order chi connectivity index (χ1) is 9.29. The Labute approximate surface area is 121 Å². The zero-order valence-corrected chi connectivity index (χ0v) is 13.1. The van der Waals surface area contributed by atoms with Crippen molar-refractivity contribution in [1.29, 1.82) is 0 Å². The van der Waals surface area contributed by atoms with Gasteiger partial charge in [0.05, 0.1) is 18.2 Å². The van der Waals surface area contributed by atoms with Gasteiger partial charge in [0.25, 0.3) is 0 Å². The number of nitrogens with zero attached hydrogens (tertiary/aromatic N) is 1. The normalized spacial score (nSPS) is 22.6. The molecule has 0 aliphatic carbocycles. The van der Waals surface area contributed by atoms with Crippen LogP contribution in [0.15, 0.2) is 24.3 Å². The summed E-state index contributed by atoms with van der Waals surface area (Å²) in [6.07, 6.45) is 0.998. The highest BCUT2D eigenvalue weighted by Crippen LogP contribution is 2.34. The minimum Gasteiger partial charge on any atom is -0.374 e. The van der Waals surface area contributed by atoms with Crippen molar-refractivity contribution in [3.05, 3.63) is 29.8 Å². The molecule has 1 aromatic rings. The van der Waals surface area contributed by atoms with Crippen molar-refractivity contribution in [3.8, 4) is 0 Å². The van der Waals surface area contributed by atoms with Crippen LogP contribution in [-0.2, 0) is 16.0 Å². The van der Waals surface area contributed by atoms with Crippen molar-refractivity contribution in [3.63, 3.8) is 0 Å². The highest BCUT2D eigenvalue weighted by molar-refractivity contribution is 5.93. The molecule has 20 heavy (non-hydrogen) atoms. The van der Waals surface area contributed by atoms with Crippen molar-refractivity contribution in [1.82, 2.24) is 0 Å². The Hall–Kier alpha value is -1.35. The van der Waals surface area contributed by atoms with E-state index < -0.39 is 0 Å². The molecule has 1 amide bonds. The molecule has 1 heterocycles. The van der Waals surface area contributed by atoms with Gasteiger partial charge in [-0.05, 0) is 44.7 Å². The molecule has 1 aliphatic heterocycles. The minimum absolute atomic E-state index is 0.0894. The summed E-state index contributed by atoms with van der Waals surface area (Å²) >= 11 is 0. The fourth-order valence-electron chi connectivity index (χ4n) is 2.81. The van der Waals surface area contributed by atoms with E-state index in [1.54, 1.807) is 6.92 Å². The third-order valence-electron chi connectivity index (χ3n) is 3.81. The number of hydrogen-bond donors (Lipinski definition) is 0. The molecule has 3 heteroatoms. The molecule has 1 aliphatic rings. The molecule has 0 N–H and O–H groups in total. The Kier molecular flexibility index (Phi) is 4.19. The van der Waals surface area contributed by atoms with Gasteiger partial charge >= 0.3 is 0 Å². The zero-order valence-electron chi connectivity index (χ0n) is 13.1. The summed E-state index contributed by atoms with van der Waals surface area (Å²) in [5.41, 5.74) is 2.11. The monoisotopic (exact) mass is 275 g/mol. The molecule has 1 aromatic carbocycles. The third kappa shape index (κ3) is 3.21. The summed E-state index contributed by atoms with van der Waals surface area (Å²) in [7, 11) is 0. The van der Waals surface area contributed by atoms with Crippen molar-refractivity contribution in [2.24, 2.45) is 5.92 Å². The van der Waals surface area contributed by atoms with Crippen LogP contribution >= 0.6 is 0 Å². The van der Waals surface area contributed by atoms with Gasteiger partial charge in [0.2, 0.25) is 5.91 Å². The van der Waals surface area contributed by atoms with E-state index in [1.807, 2.05) is 43.9 Å². The molecule has 0 unspecified atom stereocenters. The van der Waals surface area contributed by atoms with E-state index in [0.717, 1.165) is 12.1 Å². The first-order valence-corrected chi connectivity index (χ1v) is 7.31. The number of anilines is 1. The molecule has 110 valence electrons. The molecule has 0 saturated carbocycles. The van der Waals surface area contributed by atoms with E-state index in [4.69, 9.17) is 4.74 Å². The van der Waals surface area contributed by atoms with Crippen LogP contribution in [0.1, 0.15) is 40.2 Å². The van der Waals surface area contributed by atoms with Crippen LogP contribution < -0.4 is 4.90 Å². The van der Waals surface area contributed by atoms with Gasteiger partial charge in [-0.3, -0.25) is 4.79 Å². The van der Waals surface area contributed by atoms with Crippen LogP contribution in [-0.4, -0.2) is 24.2 Å². The molecule has 0 spiro atoms. The number of ether oxygens (including phenoxy) is 1. The number of benzene rings is 1. The van der Waals surface area contributed by atoms with Gasteiger partial charge in [0.15, 0.2) is 0 Å². The highest BCUT2D eigenvalue weighted by Gasteiger charge is 2.34. The number of amides is 1. The Morgan fingerprint density at radius 1 is 1.35 bits per heavy atom. The summed E-state index contributed by atoms with van der Waals surface area (Å²) in [5.74, 6) is 0.489. The molecule has 0 radical (unpaired) electrons. The molecule has 2 rings (SSSR count). The van der Waals surface area contributed by atoms with Crippen LogP contribution in [0.25, 0.3) is 0 Å². The van der Waals surface area contributed by atoms with E-state index in [2.05, 4.69) is 13.0 Å². The molecule has 0 fully saturated rings. The van der Waals surface area contributed by atoms with Gasteiger partial charge in [0.1, 0.15) is 0 Å². The van der Waals surface area contributed by atoms with E-state index in [0.29, 0.717) is 12.5 Å². The summed E-state index contributed by atoms with van der Waals surface area (Å²) in [5, 5.41) is 0. The summed E-state index contributed by atoms with van der Waals surface area (Å²) in [6.45, 7) is 10.6. The van der Waals surface area contributed by atoms with Gasteiger partial charge in [-0.25, -0.2) is 0 Å². The first kappa shape index (κ1) is 15.0. The Bertz CT molecular complexity index is 490. The molecular weight excluding hydrogens is 250 g/mol. The van der Waals surface area contributed by atoms with Crippen molar-refractivity contribution >= 4 is 11.6 Å². The summed E-state index contributed by atoms with van der Waals surface area (Å²) in [6, 6.07) is 8.29. The maximum Gasteiger partial charge on any atom is 0.224 e. The zero-order chi connectivity index (χ0) is 14.9. The minimum atomic E-state index is -0.181. The van der Waals surface area contributed by atoms with Crippen LogP contribution in [0.5, 0.6) is 0 Å². The van der Waals surface area contributed by atoms with Crippen molar-refractivity contribution in [2.45, 2.75) is 52.7 Å². The predicted octanol–water partition coefficient (Wildman–Crippen LogP) is 3.42. The average molecular weight is 275 g/mol. The maximum atomic E-state index is 12.1. The van der Waals surface area contributed by atoms with Gasteiger partial charge in [-0.15, -0.1) is 0 Å². The SMILES string of the molecule is CC(=O)N1c2ccccc2C[C@@H](C)[C@@H]1COC(C)(C)C. The van der Waals surface area contributed by atoms with E-state index in [9.17, 15) is 4.79 Å². The second-order valence-electron chi connectivity index (χ2n) is 6.69. The highest BCUT2D eigenvalue weighted by atomic mass is 16.5. The Morgan fingerprint density at radius 2 is 2.00 bits per heavy atom. The number of fused-ring (bicyclic) bond motifs is 1.